The van der Waals surface area contributed by atoms with Crippen molar-refractivity contribution in [2.24, 2.45) is 4.99 Å². The molecule has 0 heterocycles. The molecule has 0 aromatic heterocycles. The molecule has 2 nitrogen and oxygen atoms in total. The van der Waals surface area contributed by atoms with Gasteiger partial charge in [0.1, 0.15) is 0 Å². The van der Waals surface area contributed by atoms with Crippen molar-refractivity contribution in [3.05, 3.63) is 35.4 Å². The Morgan fingerprint density at radius 3 is 2.60 bits per heavy atom. The van der Waals surface area contributed by atoms with Gasteiger partial charge in [0.05, 0.1) is 5.16 Å². The number of carbonyl (C=O) groups is 1. The molecule has 1 rings (SSSR count). The molecule has 1 aromatic carbocycles. The van der Waals surface area contributed by atoms with Gasteiger partial charge in [-0.05, 0) is 42.8 Å². The van der Waals surface area contributed by atoms with E-state index in [0.717, 1.165) is 6.42 Å². The molecule has 15 heavy (non-hydrogen) atoms. The number of hydrogen-bond acceptors (Lipinski definition) is 2. The van der Waals surface area contributed by atoms with Crippen LogP contribution >= 0.6 is 12.2 Å². The summed E-state index contributed by atoms with van der Waals surface area (Å²) in [5.74, 6) is -0.327. The zero-order valence-corrected chi connectivity index (χ0v) is 9.51. The Balaban J connectivity index is 2.71. The summed E-state index contributed by atoms with van der Waals surface area (Å²) in [7, 11) is 0. The Morgan fingerprint density at radius 2 is 2.07 bits per heavy atom. The average Bonchev–Trinajstić information content (AvgIpc) is 2.27. The topological polar surface area (TPSA) is 29.4 Å². The molecule has 0 aliphatic heterocycles. The van der Waals surface area contributed by atoms with E-state index in [0.29, 0.717) is 5.56 Å². The molecule has 0 bridgehead atoms. The van der Waals surface area contributed by atoms with Crippen molar-refractivity contribution in [3.63, 3.8) is 0 Å². The minimum absolute atomic E-state index is 0.327. The standard InChI is InChI=1S/C12H13NOS/c1-2-3-4-10-5-7-11(8-6-10)12(14)13-9-15/h5-8H,2-4H2,1H3. The van der Waals surface area contributed by atoms with Crippen LogP contribution in [0.25, 0.3) is 0 Å². The number of isothiocyanates is 1. The molecule has 0 saturated heterocycles. The molecule has 0 N–H and O–H groups in total. The van der Waals surface area contributed by atoms with Crippen molar-refractivity contribution >= 4 is 23.3 Å². The lowest BCUT2D eigenvalue weighted by atomic mass is 10.1. The van der Waals surface area contributed by atoms with Gasteiger partial charge in [0.2, 0.25) is 0 Å². The molecule has 0 unspecified atom stereocenters. The van der Waals surface area contributed by atoms with Crippen LogP contribution in [0, 0.1) is 0 Å². The number of benzene rings is 1. The molecule has 0 aliphatic rings. The van der Waals surface area contributed by atoms with E-state index < -0.39 is 0 Å². The van der Waals surface area contributed by atoms with Gasteiger partial charge in [0, 0.05) is 5.56 Å². The van der Waals surface area contributed by atoms with Gasteiger partial charge in [-0.2, -0.15) is 4.99 Å². The summed E-state index contributed by atoms with van der Waals surface area (Å²) >= 11 is 4.37. The Hall–Kier alpha value is -1.31. The number of carbonyl (C=O) groups excluding carboxylic acids is 1. The molecule has 0 fully saturated rings. The average molecular weight is 219 g/mol. The highest BCUT2D eigenvalue weighted by atomic mass is 32.1. The monoisotopic (exact) mass is 219 g/mol. The van der Waals surface area contributed by atoms with Crippen LogP contribution in [0.1, 0.15) is 35.7 Å². The number of rotatable bonds is 4. The maximum Gasteiger partial charge on any atom is 0.285 e. The van der Waals surface area contributed by atoms with Gasteiger partial charge < -0.3 is 0 Å². The second-order valence-corrected chi connectivity index (χ2v) is 3.49. The number of thiocarbonyl (C=S) groups is 1. The van der Waals surface area contributed by atoms with Gasteiger partial charge in [-0.25, -0.2) is 0 Å². The SMILES string of the molecule is CCCCc1ccc(C(=O)N=C=S)cc1. The quantitative estimate of drug-likeness (QED) is 0.574. The summed E-state index contributed by atoms with van der Waals surface area (Å²) in [6.07, 6.45) is 3.41. The maximum atomic E-state index is 11.3. The number of hydrogen-bond donors (Lipinski definition) is 0. The summed E-state index contributed by atoms with van der Waals surface area (Å²) in [6.45, 7) is 2.16. The van der Waals surface area contributed by atoms with Gasteiger partial charge in [-0.15, -0.1) is 0 Å². The molecule has 1 amide bonds. The van der Waals surface area contributed by atoms with Crippen molar-refractivity contribution in [1.82, 2.24) is 0 Å². The summed E-state index contributed by atoms with van der Waals surface area (Å²) < 4.78 is 0. The highest BCUT2D eigenvalue weighted by Gasteiger charge is 2.02. The van der Waals surface area contributed by atoms with E-state index in [9.17, 15) is 4.79 Å². The number of unbranched alkanes of at least 4 members (excludes halogenated alkanes) is 1. The summed E-state index contributed by atoms with van der Waals surface area (Å²) in [6, 6.07) is 7.48. The van der Waals surface area contributed by atoms with Gasteiger partial charge in [-0.3, -0.25) is 4.79 Å². The number of nitrogens with zero attached hydrogens (tertiary/aromatic N) is 1. The fourth-order valence-electron chi connectivity index (χ4n) is 1.30. The minimum Gasteiger partial charge on any atom is -0.266 e. The Kier molecular flexibility index (Phi) is 4.88. The van der Waals surface area contributed by atoms with Crippen LogP contribution in [0.15, 0.2) is 29.3 Å². The zero-order chi connectivity index (χ0) is 11.1. The third-order valence-corrected chi connectivity index (χ3v) is 2.26. The largest absolute Gasteiger partial charge is 0.285 e. The number of amides is 1. The van der Waals surface area contributed by atoms with Crippen molar-refractivity contribution < 1.29 is 4.79 Å². The lowest BCUT2D eigenvalue weighted by Crippen LogP contribution is -1.94. The lowest BCUT2D eigenvalue weighted by Gasteiger charge is -2.00. The maximum absolute atomic E-state index is 11.3. The van der Waals surface area contributed by atoms with Crippen molar-refractivity contribution in [2.75, 3.05) is 0 Å². The van der Waals surface area contributed by atoms with Crippen LogP contribution in [0.5, 0.6) is 0 Å². The van der Waals surface area contributed by atoms with E-state index in [4.69, 9.17) is 0 Å². The molecule has 78 valence electrons. The summed E-state index contributed by atoms with van der Waals surface area (Å²) in [5, 5.41) is 2.07. The van der Waals surface area contributed by atoms with Gasteiger partial charge in [0.25, 0.3) is 5.91 Å². The first-order chi connectivity index (χ1) is 7.27. The van der Waals surface area contributed by atoms with E-state index in [-0.39, 0.29) is 5.91 Å². The molecular formula is C12H13NOS. The fourth-order valence-corrected chi connectivity index (χ4v) is 1.38. The third kappa shape index (κ3) is 3.74. The zero-order valence-electron chi connectivity index (χ0n) is 8.69. The van der Waals surface area contributed by atoms with Crippen molar-refractivity contribution in [2.45, 2.75) is 26.2 Å². The molecule has 0 atom stereocenters. The fraction of sp³-hybridized carbons (Fsp3) is 0.333. The van der Waals surface area contributed by atoms with Crippen LogP contribution < -0.4 is 0 Å². The van der Waals surface area contributed by atoms with E-state index in [1.807, 2.05) is 12.1 Å². The van der Waals surface area contributed by atoms with Gasteiger partial charge in [0.15, 0.2) is 0 Å². The minimum atomic E-state index is -0.327. The predicted molar refractivity (Wildman–Crippen MR) is 64.4 cm³/mol. The van der Waals surface area contributed by atoms with E-state index >= 15 is 0 Å². The summed E-state index contributed by atoms with van der Waals surface area (Å²) in [5.41, 5.74) is 1.81. The van der Waals surface area contributed by atoms with E-state index in [1.165, 1.54) is 18.4 Å². The second-order valence-electron chi connectivity index (χ2n) is 3.31. The first-order valence-electron chi connectivity index (χ1n) is 4.99. The molecule has 3 heteroatoms. The molecule has 0 radical (unpaired) electrons. The van der Waals surface area contributed by atoms with Crippen LogP contribution in [0.2, 0.25) is 0 Å². The van der Waals surface area contributed by atoms with E-state index in [2.05, 4.69) is 29.3 Å². The Bertz CT molecular complexity index is 377. The van der Waals surface area contributed by atoms with Crippen LogP contribution in [-0.2, 0) is 6.42 Å². The number of aryl methyl sites for hydroxylation is 1. The van der Waals surface area contributed by atoms with Crippen LogP contribution in [0.4, 0.5) is 0 Å². The van der Waals surface area contributed by atoms with Crippen molar-refractivity contribution in [1.29, 1.82) is 0 Å². The molecule has 1 aromatic rings. The first kappa shape index (κ1) is 11.8. The smallest absolute Gasteiger partial charge is 0.266 e. The van der Waals surface area contributed by atoms with Crippen molar-refractivity contribution in [3.8, 4) is 0 Å². The van der Waals surface area contributed by atoms with Crippen LogP contribution in [-0.4, -0.2) is 11.1 Å². The van der Waals surface area contributed by atoms with E-state index in [1.54, 1.807) is 12.1 Å². The summed E-state index contributed by atoms with van der Waals surface area (Å²) in [4.78, 5) is 14.7. The Morgan fingerprint density at radius 1 is 1.40 bits per heavy atom. The first-order valence-corrected chi connectivity index (χ1v) is 5.40. The van der Waals surface area contributed by atoms with Gasteiger partial charge >= 0.3 is 0 Å². The highest BCUT2D eigenvalue weighted by Crippen LogP contribution is 2.08. The normalized spacial score (nSPS) is 9.40. The number of aliphatic imine (C=N–C) groups is 1. The molecular weight excluding hydrogens is 206 g/mol. The third-order valence-electron chi connectivity index (χ3n) is 2.17. The second kappa shape index (κ2) is 6.23. The molecule has 0 aliphatic carbocycles. The molecule has 0 saturated carbocycles. The van der Waals surface area contributed by atoms with Crippen LogP contribution in [0.3, 0.4) is 0 Å². The molecule has 0 spiro atoms. The highest BCUT2D eigenvalue weighted by molar-refractivity contribution is 7.78. The Labute approximate surface area is 95.0 Å². The lowest BCUT2D eigenvalue weighted by molar-refractivity contribution is 0.100. The van der Waals surface area contributed by atoms with Gasteiger partial charge in [-0.1, -0.05) is 25.5 Å². The predicted octanol–water partition coefficient (Wildman–Crippen LogP) is 3.27.